The van der Waals surface area contributed by atoms with Gasteiger partial charge in [0.25, 0.3) is 0 Å². The van der Waals surface area contributed by atoms with Gasteiger partial charge in [0, 0.05) is 37.6 Å². The average molecular weight is 323 g/mol. The lowest BCUT2D eigenvalue weighted by molar-refractivity contribution is -0.117. The molecule has 4 nitrogen and oxygen atoms in total. The molecule has 3 rings (SSSR count). The number of carbonyl (C=O) groups excluding carboxylic acids is 1. The number of para-hydroxylation sites is 1. The smallest absolute Gasteiger partial charge is 0.238 e. The largest absolute Gasteiger partial charge is 0.369 e. The zero-order valence-electron chi connectivity index (χ0n) is 14.5. The van der Waals surface area contributed by atoms with Crippen molar-refractivity contribution in [3.05, 3.63) is 59.7 Å². The topological polar surface area (TPSA) is 35.6 Å². The Morgan fingerprint density at radius 3 is 2.46 bits per heavy atom. The quantitative estimate of drug-likeness (QED) is 0.939. The third-order valence-electron chi connectivity index (χ3n) is 4.50. The molecule has 0 aromatic heterocycles. The number of aryl methyl sites for hydroxylation is 2. The number of hydrogen-bond donors (Lipinski definition) is 1. The van der Waals surface area contributed by atoms with Gasteiger partial charge in [-0.05, 0) is 43.2 Å². The van der Waals surface area contributed by atoms with Crippen LogP contribution in [-0.2, 0) is 4.79 Å². The summed E-state index contributed by atoms with van der Waals surface area (Å²) >= 11 is 0. The molecule has 1 fully saturated rings. The number of nitrogens with zero attached hydrogens (tertiary/aromatic N) is 2. The lowest BCUT2D eigenvalue weighted by Crippen LogP contribution is -2.48. The van der Waals surface area contributed by atoms with E-state index in [0.29, 0.717) is 6.54 Å². The predicted octanol–water partition coefficient (Wildman–Crippen LogP) is 3.06. The second-order valence-corrected chi connectivity index (χ2v) is 6.47. The molecule has 2 aromatic carbocycles. The number of rotatable bonds is 4. The van der Waals surface area contributed by atoms with Crippen LogP contribution in [0.4, 0.5) is 11.4 Å². The van der Waals surface area contributed by atoms with Gasteiger partial charge in [-0.25, -0.2) is 0 Å². The fourth-order valence-corrected chi connectivity index (χ4v) is 3.19. The SMILES string of the molecule is Cc1cccc(NC(=O)CN2CCN(c3ccccc3C)CC2)c1. The average Bonchev–Trinajstić information content (AvgIpc) is 2.56. The Morgan fingerprint density at radius 2 is 1.75 bits per heavy atom. The normalized spacial score (nSPS) is 15.3. The van der Waals surface area contributed by atoms with Gasteiger partial charge in [0.15, 0.2) is 0 Å². The number of hydrogen-bond acceptors (Lipinski definition) is 3. The first kappa shape index (κ1) is 16.5. The van der Waals surface area contributed by atoms with E-state index in [9.17, 15) is 4.79 Å². The first-order valence-corrected chi connectivity index (χ1v) is 8.51. The van der Waals surface area contributed by atoms with E-state index in [1.807, 2.05) is 31.2 Å². The van der Waals surface area contributed by atoms with Crippen LogP contribution in [0.3, 0.4) is 0 Å². The summed E-state index contributed by atoms with van der Waals surface area (Å²) in [6, 6.07) is 16.4. The van der Waals surface area contributed by atoms with Crippen LogP contribution in [0, 0.1) is 13.8 Å². The van der Waals surface area contributed by atoms with E-state index in [-0.39, 0.29) is 5.91 Å². The van der Waals surface area contributed by atoms with Crippen LogP contribution in [0.25, 0.3) is 0 Å². The van der Waals surface area contributed by atoms with Gasteiger partial charge in [0.2, 0.25) is 5.91 Å². The van der Waals surface area contributed by atoms with Crippen LogP contribution in [0.1, 0.15) is 11.1 Å². The molecule has 0 atom stereocenters. The molecule has 126 valence electrons. The zero-order chi connectivity index (χ0) is 16.9. The Balaban J connectivity index is 1.50. The molecule has 0 aliphatic carbocycles. The molecule has 0 bridgehead atoms. The summed E-state index contributed by atoms with van der Waals surface area (Å²) in [5, 5.41) is 2.99. The van der Waals surface area contributed by atoms with Crippen LogP contribution in [0.15, 0.2) is 48.5 Å². The maximum atomic E-state index is 12.2. The molecule has 0 spiro atoms. The summed E-state index contributed by atoms with van der Waals surface area (Å²) in [6.45, 7) is 8.38. The van der Waals surface area contributed by atoms with Crippen molar-refractivity contribution in [1.29, 1.82) is 0 Å². The summed E-state index contributed by atoms with van der Waals surface area (Å²) in [7, 11) is 0. The van der Waals surface area contributed by atoms with Crippen molar-refractivity contribution in [3.63, 3.8) is 0 Å². The molecule has 1 aliphatic rings. The van der Waals surface area contributed by atoms with Gasteiger partial charge < -0.3 is 10.2 Å². The lowest BCUT2D eigenvalue weighted by atomic mass is 10.1. The van der Waals surface area contributed by atoms with Gasteiger partial charge in [-0.3, -0.25) is 9.69 Å². The molecule has 1 saturated heterocycles. The fourth-order valence-electron chi connectivity index (χ4n) is 3.19. The van der Waals surface area contributed by atoms with E-state index in [1.54, 1.807) is 0 Å². The third kappa shape index (κ3) is 4.15. The highest BCUT2D eigenvalue weighted by Gasteiger charge is 2.20. The standard InChI is InChI=1S/C20H25N3O/c1-16-6-5-8-18(14-16)21-20(24)15-22-10-12-23(13-11-22)19-9-4-3-7-17(19)2/h3-9,14H,10-13,15H2,1-2H3,(H,21,24). The van der Waals surface area contributed by atoms with Gasteiger partial charge in [-0.15, -0.1) is 0 Å². The summed E-state index contributed by atoms with van der Waals surface area (Å²) in [6.07, 6.45) is 0. The van der Waals surface area contributed by atoms with Crippen molar-refractivity contribution < 1.29 is 4.79 Å². The highest BCUT2D eigenvalue weighted by Crippen LogP contribution is 2.20. The summed E-state index contributed by atoms with van der Waals surface area (Å²) < 4.78 is 0. The van der Waals surface area contributed by atoms with Crippen LogP contribution < -0.4 is 10.2 Å². The number of benzene rings is 2. The Kier molecular flexibility index (Phi) is 5.16. The first-order valence-electron chi connectivity index (χ1n) is 8.51. The second kappa shape index (κ2) is 7.49. The maximum Gasteiger partial charge on any atom is 0.238 e. The van der Waals surface area contributed by atoms with Gasteiger partial charge in [0.05, 0.1) is 6.54 Å². The maximum absolute atomic E-state index is 12.2. The molecule has 0 saturated carbocycles. The molecule has 0 radical (unpaired) electrons. The van der Waals surface area contributed by atoms with Crippen molar-refractivity contribution in [2.75, 3.05) is 42.9 Å². The minimum absolute atomic E-state index is 0.0601. The van der Waals surface area contributed by atoms with Gasteiger partial charge >= 0.3 is 0 Å². The predicted molar refractivity (Wildman–Crippen MR) is 99.6 cm³/mol. The second-order valence-electron chi connectivity index (χ2n) is 6.47. The lowest BCUT2D eigenvalue weighted by Gasteiger charge is -2.36. The molecule has 4 heteroatoms. The van der Waals surface area contributed by atoms with E-state index in [4.69, 9.17) is 0 Å². The van der Waals surface area contributed by atoms with Crippen molar-refractivity contribution in [2.45, 2.75) is 13.8 Å². The molecule has 1 N–H and O–H groups in total. The van der Waals surface area contributed by atoms with E-state index < -0.39 is 0 Å². The molecule has 2 aromatic rings. The van der Waals surface area contributed by atoms with E-state index in [2.05, 4.69) is 46.3 Å². The molecule has 24 heavy (non-hydrogen) atoms. The Hall–Kier alpha value is -2.33. The number of amides is 1. The molecule has 1 heterocycles. The van der Waals surface area contributed by atoms with Crippen LogP contribution in [0.2, 0.25) is 0 Å². The van der Waals surface area contributed by atoms with Crippen LogP contribution in [0.5, 0.6) is 0 Å². The number of carbonyl (C=O) groups is 1. The summed E-state index contributed by atoms with van der Waals surface area (Å²) in [5.74, 6) is 0.0601. The van der Waals surface area contributed by atoms with Crippen molar-refractivity contribution in [2.24, 2.45) is 0 Å². The van der Waals surface area contributed by atoms with Gasteiger partial charge in [-0.2, -0.15) is 0 Å². The minimum Gasteiger partial charge on any atom is -0.369 e. The number of piperazine rings is 1. The van der Waals surface area contributed by atoms with E-state index >= 15 is 0 Å². The molecule has 1 amide bonds. The third-order valence-corrected chi connectivity index (χ3v) is 4.50. The highest BCUT2D eigenvalue weighted by molar-refractivity contribution is 5.92. The molecule has 1 aliphatic heterocycles. The number of nitrogens with one attached hydrogen (secondary N) is 1. The summed E-state index contributed by atoms with van der Waals surface area (Å²) in [5.41, 5.74) is 4.64. The number of anilines is 2. The van der Waals surface area contributed by atoms with Crippen molar-refractivity contribution >= 4 is 17.3 Å². The van der Waals surface area contributed by atoms with Crippen molar-refractivity contribution in [1.82, 2.24) is 4.90 Å². The van der Waals surface area contributed by atoms with E-state index in [0.717, 1.165) is 37.4 Å². The zero-order valence-corrected chi connectivity index (χ0v) is 14.5. The molecular weight excluding hydrogens is 298 g/mol. The van der Waals surface area contributed by atoms with E-state index in [1.165, 1.54) is 11.3 Å². The van der Waals surface area contributed by atoms with Crippen molar-refractivity contribution in [3.8, 4) is 0 Å². The van der Waals surface area contributed by atoms with Crippen LogP contribution in [-0.4, -0.2) is 43.5 Å². The van der Waals surface area contributed by atoms with Gasteiger partial charge in [-0.1, -0.05) is 30.3 Å². The Bertz CT molecular complexity index is 706. The molecular formula is C20H25N3O. The summed E-state index contributed by atoms with van der Waals surface area (Å²) in [4.78, 5) is 16.9. The Morgan fingerprint density at radius 1 is 1.00 bits per heavy atom. The minimum atomic E-state index is 0.0601. The van der Waals surface area contributed by atoms with Crippen LogP contribution >= 0.6 is 0 Å². The molecule has 0 unspecified atom stereocenters. The first-order chi connectivity index (χ1) is 11.6. The fraction of sp³-hybridized carbons (Fsp3) is 0.350. The highest BCUT2D eigenvalue weighted by atomic mass is 16.2. The monoisotopic (exact) mass is 323 g/mol. The van der Waals surface area contributed by atoms with Gasteiger partial charge in [0.1, 0.15) is 0 Å². The Labute approximate surface area is 144 Å².